The molecule has 0 radical (unpaired) electrons. The van der Waals surface area contributed by atoms with Crippen LogP contribution in [-0.4, -0.2) is 49.9 Å². The van der Waals surface area contributed by atoms with Crippen molar-refractivity contribution in [3.8, 4) is 0 Å². The number of carbonyl (C=O) groups excluding carboxylic acids is 2. The van der Waals surface area contributed by atoms with E-state index in [1.807, 2.05) is 30.3 Å². The summed E-state index contributed by atoms with van der Waals surface area (Å²) < 4.78 is 24.9. The first-order valence-electron chi connectivity index (χ1n) is 8.75. The van der Waals surface area contributed by atoms with Crippen LogP contribution in [0.25, 0.3) is 0 Å². The minimum Gasteiger partial charge on any atom is -0.315 e. The van der Waals surface area contributed by atoms with E-state index in [0.717, 1.165) is 24.8 Å². The third-order valence-corrected chi connectivity index (χ3v) is 6.89. The van der Waals surface area contributed by atoms with Gasteiger partial charge in [0.05, 0.1) is 11.5 Å². The molecule has 0 spiro atoms. The molecule has 6 nitrogen and oxygen atoms in total. The van der Waals surface area contributed by atoms with E-state index in [4.69, 9.17) is 0 Å². The number of urea groups is 1. The number of hydrogen-bond donors (Lipinski definition) is 1. The average Bonchev–Trinajstić information content (AvgIpc) is 3.26. The van der Waals surface area contributed by atoms with Gasteiger partial charge in [-0.1, -0.05) is 36.8 Å². The zero-order chi connectivity index (χ0) is 17.9. The topological polar surface area (TPSA) is 83.6 Å². The summed E-state index contributed by atoms with van der Waals surface area (Å²) in [6.07, 6.45) is 3.91. The number of sulfone groups is 1. The van der Waals surface area contributed by atoms with Gasteiger partial charge in [0.15, 0.2) is 9.84 Å². The average molecular weight is 364 g/mol. The van der Waals surface area contributed by atoms with Crippen LogP contribution >= 0.6 is 0 Å². The molecule has 1 aliphatic heterocycles. The SMILES string of the molecule is O=C1CN(CCCCCS(=O)(=O)CC2(c3ccccc3)CC2)C(=O)N1. The zero-order valence-corrected chi connectivity index (χ0v) is 15.1. The fourth-order valence-corrected chi connectivity index (χ4v) is 5.50. The van der Waals surface area contributed by atoms with E-state index in [2.05, 4.69) is 5.32 Å². The summed E-state index contributed by atoms with van der Waals surface area (Å²) in [5, 5.41) is 2.23. The highest BCUT2D eigenvalue weighted by Crippen LogP contribution is 2.49. The summed E-state index contributed by atoms with van der Waals surface area (Å²) in [7, 11) is -3.09. The van der Waals surface area contributed by atoms with E-state index in [0.29, 0.717) is 19.4 Å². The fraction of sp³-hybridized carbons (Fsp3) is 0.556. The number of nitrogens with one attached hydrogen (secondary N) is 1. The molecule has 2 fully saturated rings. The maximum atomic E-state index is 12.5. The molecule has 1 saturated heterocycles. The van der Waals surface area contributed by atoms with Gasteiger partial charge in [0.2, 0.25) is 5.91 Å². The first-order chi connectivity index (χ1) is 11.9. The van der Waals surface area contributed by atoms with E-state index in [-0.39, 0.29) is 35.4 Å². The Hall–Kier alpha value is -1.89. The van der Waals surface area contributed by atoms with Gasteiger partial charge in [0.25, 0.3) is 0 Å². The Morgan fingerprint density at radius 3 is 2.36 bits per heavy atom. The van der Waals surface area contributed by atoms with E-state index in [1.165, 1.54) is 4.90 Å². The molecule has 0 bridgehead atoms. The standard InChI is InChI=1S/C18H24N2O4S/c21-16-13-20(17(22)19-16)11-5-2-6-12-25(23,24)14-18(9-10-18)15-7-3-1-4-8-15/h1,3-4,7-8H,2,5-6,9-14H2,(H,19,21,22). The summed E-state index contributed by atoms with van der Waals surface area (Å²) in [6.45, 7) is 0.600. The largest absolute Gasteiger partial charge is 0.324 e. The summed E-state index contributed by atoms with van der Waals surface area (Å²) in [4.78, 5) is 24.0. The van der Waals surface area contributed by atoms with Crippen LogP contribution in [0.5, 0.6) is 0 Å². The number of amides is 3. The van der Waals surface area contributed by atoms with Crippen molar-refractivity contribution in [1.82, 2.24) is 10.2 Å². The highest BCUT2D eigenvalue weighted by molar-refractivity contribution is 7.91. The molecule has 7 heteroatoms. The predicted octanol–water partition coefficient (Wildman–Crippen LogP) is 1.86. The van der Waals surface area contributed by atoms with Crippen LogP contribution in [0, 0.1) is 0 Å². The maximum absolute atomic E-state index is 12.5. The molecule has 0 atom stereocenters. The summed E-state index contributed by atoms with van der Waals surface area (Å²) in [6, 6.07) is 9.55. The van der Waals surface area contributed by atoms with Crippen LogP contribution < -0.4 is 5.32 Å². The van der Waals surface area contributed by atoms with Gasteiger partial charge >= 0.3 is 6.03 Å². The van der Waals surface area contributed by atoms with Crippen molar-refractivity contribution >= 4 is 21.8 Å². The number of imide groups is 1. The van der Waals surface area contributed by atoms with Gasteiger partial charge in [-0.2, -0.15) is 0 Å². The third kappa shape index (κ3) is 4.60. The Balaban J connectivity index is 1.41. The highest BCUT2D eigenvalue weighted by Gasteiger charge is 2.47. The smallest absolute Gasteiger partial charge is 0.315 e. The molecule has 1 N–H and O–H groups in total. The number of nitrogens with zero attached hydrogens (tertiary/aromatic N) is 1. The second kappa shape index (κ2) is 7.15. The van der Waals surface area contributed by atoms with Crippen molar-refractivity contribution in [2.75, 3.05) is 24.6 Å². The second-order valence-electron chi connectivity index (χ2n) is 7.07. The molecule has 1 heterocycles. The van der Waals surface area contributed by atoms with E-state index in [9.17, 15) is 18.0 Å². The van der Waals surface area contributed by atoms with Gasteiger partial charge in [-0.05, 0) is 31.2 Å². The molecule has 25 heavy (non-hydrogen) atoms. The number of unbranched alkanes of at least 4 members (excludes halogenated alkanes) is 2. The van der Waals surface area contributed by atoms with Crippen molar-refractivity contribution in [3.05, 3.63) is 35.9 Å². The Labute approximate surface area is 148 Å². The lowest BCUT2D eigenvalue weighted by molar-refractivity contribution is -0.118. The molecular formula is C18H24N2O4S. The lowest BCUT2D eigenvalue weighted by Crippen LogP contribution is -2.29. The number of carbonyl (C=O) groups is 2. The second-order valence-corrected chi connectivity index (χ2v) is 9.26. The first-order valence-corrected chi connectivity index (χ1v) is 10.6. The van der Waals surface area contributed by atoms with Crippen molar-refractivity contribution in [2.45, 2.75) is 37.5 Å². The monoisotopic (exact) mass is 364 g/mol. The van der Waals surface area contributed by atoms with Crippen LogP contribution in [0.2, 0.25) is 0 Å². The van der Waals surface area contributed by atoms with Gasteiger partial charge in [-0.25, -0.2) is 13.2 Å². The Bertz CT molecular complexity index is 742. The van der Waals surface area contributed by atoms with Gasteiger partial charge in [-0.3, -0.25) is 10.1 Å². The molecule has 1 aromatic carbocycles. The van der Waals surface area contributed by atoms with Crippen LogP contribution in [0.15, 0.2) is 30.3 Å². The van der Waals surface area contributed by atoms with Crippen molar-refractivity contribution in [3.63, 3.8) is 0 Å². The van der Waals surface area contributed by atoms with Gasteiger partial charge in [-0.15, -0.1) is 0 Å². The fourth-order valence-electron chi connectivity index (χ4n) is 3.42. The van der Waals surface area contributed by atoms with Crippen LogP contribution in [-0.2, 0) is 20.0 Å². The Morgan fingerprint density at radius 2 is 1.76 bits per heavy atom. The number of benzene rings is 1. The minimum atomic E-state index is -3.09. The van der Waals surface area contributed by atoms with Crippen molar-refractivity contribution in [1.29, 1.82) is 0 Å². The lowest BCUT2D eigenvalue weighted by atomic mass is 9.99. The highest BCUT2D eigenvalue weighted by atomic mass is 32.2. The van der Waals surface area contributed by atoms with Crippen molar-refractivity contribution < 1.29 is 18.0 Å². The Morgan fingerprint density at radius 1 is 1.04 bits per heavy atom. The zero-order valence-electron chi connectivity index (χ0n) is 14.2. The van der Waals surface area contributed by atoms with Crippen LogP contribution in [0.1, 0.15) is 37.7 Å². The molecule has 3 amide bonds. The minimum absolute atomic E-state index is 0.108. The molecule has 0 aromatic heterocycles. The van der Waals surface area contributed by atoms with Crippen molar-refractivity contribution in [2.24, 2.45) is 0 Å². The summed E-state index contributed by atoms with van der Waals surface area (Å²) >= 11 is 0. The molecule has 3 rings (SSSR count). The first kappa shape index (κ1) is 17.9. The number of rotatable bonds is 9. The van der Waals surface area contributed by atoms with Gasteiger partial charge in [0.1, 0.15) is 6.54 Å². The molecule has 0 unspecified atom stereocenters. The lowest BCUT2D eigenvalue weighted by Gasteiger charge is -2.16. The molecular weight excluding hydrogens is 340 g/mol. The molecule has 1 aromatic rings. The van der Waals surface area contributed by atoms with E-state index >= 15 is 0 Å². The third-order valence-electron chi connectivity index (χ3n) is 4.99. The summed E-state index contributed by atoms with van der Waals surface area (Å²) in [5.74, 6) is 0.142. The molecule has 2 aliphatic rings. The van der Waals surface area contributed by atoms with Crippen LogP contribution in [0.3, 0.4) is 0 Å². The van der Waals surface area contributed by atoms with E-state index in [1.54, 1.807) is 0 Å². The van der Waals surface area contributed by atoms with Gasteiger partial charge < -0.3 is 4.90 Å². The molecule has 1 saturated carbocycles. The quantitative estimate of drug-likeness (QED) is 0.535. The normalized spacial score (nSPS) is 19.1. The van der Waals surface area contributed by atoms with Gasteiger partial charge in [0, 0.05) is 12.0 Å². The summed E-state index contributed by atoms with van der Waals surface area (Å²) in [5.41, 5.74) is 0.956. The van der Waals surface area contributed by atoms with E-state index < -0.39 is 9.84 Å². The molecule has 136 valence electrons. The Kier molecular flexibility index (Phi) is 5.13. The predicted molar refractivity (Wildman–Crippen MR) is 95.0 cm³/mol. The maximum Gasteiger partial charge on any atom is 0.324 e. The number of hydrogen-bond acceptors (Lipinski definition) is 4. The molecule has 1 aliphatic carbocycles. The van der Waals surface area contributed by atoms with Crippen LogP contribution in [0.4, 0.5) is 4.79 Å².